The Hall–Kier alpha value is -1.77. The lowest BCUT2D eigenvalue weighted by atomic mass is 10.4. The van der Waals surface area contributed by atoms with Gasteiger partial charge in [0.2, 0.25) is 5.91 Å². The molecule has 1 aliphatic rings. The summed E-state index contributed by atoms with van der Waals surface area (Å²) in [4.78, 5) is 36.4. The molecule has 0 unspecified atom stereocenters. The van der Waals surface area contributed by atoms with Crippen LogP contribution >= 0.6 is 11.8 Å². The van der Waals surface area contributed by atoms with Gasteiger partial charge in [-0.3, -0.25) is 14.3 Å². The highest BCUT2D eigenvalue weighted by molar-refractivity contribution is 8.00. The van der Waals surface area contributed by atoms with Crippen LogP contribution in [0.1, 0.15) is 20.3 Å². The number of imide groups is 1. The van der Waals surface area contributed by atoms with E-state index in [0.717, 1.165) is 6.42 Å². The van der Waals surface area contributed by atoms with E-state index in [2.05, 4.69) is 15.5 Å². The fourth-order valence-electron chi connectivity index (χ4n) is 1.92. The molecule has 2 rings (SSSR count). The largest absolute Gasteiger partial charge is 0.343 e. The number of H-pyrrole nitrogens is 1. The predicted molar refractivity (Wildman–Crippen MR) is 73.6 cm³/mol. The van der Waals surface area contributed by atoms with Gasteiger partial charge in [0.1, 0.15) is 0 Å². The molecular weight excluding hydrogens is 282 g/mol. The first-order chi connectivity index (χ1) is 9.54. The lowest BCUT2D eigenvalue weighted by Crippen LogP contribution is -2.39. The van der Waals surface area contributed by atoms with Crippen LogP contribution in [0, 0.1) is 0 Å². The third-order valence-corrected chi connectivity index (χ3v) is 4.00. The van der Waals surface area contributed by atoms with Gasteiger partial charge in [-0.1, -0.05) is 18.7 Å². The van der Waals surface area contributed by atoms with Crippen LogP contribution in [0.3, 0.4) is 0 Å². The number of nitrogens with one attached hydrogen (secondary N) is 2. The Morgan fingerprint density at radius 2 is 2.25 bits per heavy atom. The minimum absolute atomic E-state index is 0.275. The quantitative estimate of drug-likeness (QED) is 0.746. The average molecular weight is 299 g/mol. The molecule has 8 nitrogen and oxygen atoms in total. The fourth-order valence-corrected chi connectivity index (χ4v) is 2.87. The number of rotatable bonds is 5. The summed E-state index contributed by atoms with van der Waals surface area (Å²) in [5.74, 6) is -0.275. The van der Waals surface area contributed by atoms with Gasteiger partial charge in [-0.15, -0.1) is 5.10 Å². The molecule has 1 saturated heterocycles. The Kier molecular flexibility index (Phi) is 4.48. The van der Waals surface area contributed by atoms with Crippen molar-refractivity contribution in [2.24, 2.45) is 0 Å². The second kappa shape index (κ2) is 6.12. The third kappa shape index (κ3) is 2.87. The van der Waals surface area contributed by atoms with Crippen molar-refractivity contribution in [1.29, 1.82) is 0 Å². The lowest BCUT2D eigenvalue weighted by molar-refractivity contribution is -0.126. The molecule has 9 heteroatoms. The molecule has 1 atom stereocenters. The number of aromatic amines is 1. The minimum atomic E-state index is -0.482. The van der Waals surface area contributed by atoms with E-state index >= 15 is 0 Å². The predicted octanol–water partition coefficient (Wildman–Crippen LogP) is 0.0138. The summed E-state index contributed by atoms with van der Waals surface area (Å²) in [5.41, 5.74) is -0.284. The zero-order valence-electron chi connectivity index (χ0n) is 11.4. The normalized spacial score (nSPS) is 16.3. The second-order valence-corrected chi connectivity index (χ2v) is 5.75. The number of hydrogen-bond donors (Lipinski definition) is 2. The number of urea groups is 1. The molecule has 1 aliphatic heterocycles. The van der Waals surface area contributed by atoms with Crippen molar-refractivity contribution in [3.8, 4) is 0 Å². The van der Waals surface area contributed by atoms with Crippen LogP contribution in [-0.4, -0.2) is 49.9 Å². The van der Waals surface area contributed by atoms with Gasteiger partial charge in [-0.25, -0.2) is 14.7 Å². The molecule has 2 heterocycles. The van der Waals surface area contributed by atoms with Gasteiger partial charge in [0.15, 0.2) is 5.16 Å². The van der Waals surface area contributed by atoms with E-state index in [4.69, 9.17) is 0 Å². The third-order valence-electron chi connectivity index (χ3n) is 2.92. The highest BCUT2D eigenvalue weighted by atomic mass is 32.2. The molecule has 0 spiro atoms. The highest BCUT2D eigenvalue weighted by Gasteiger charge is 2.31. The van der Waals surface area contributed by atoms with Crippen molar-refractivity contribution in [3.63, 3.8) is 0 Å². The van der Waals surface area contributed by atoms with Crippen molar-refractivity contribution in [2.75, 3.05) is 13.1 Å². The van der Waals surface area contributed by atoms with Crippen molar-refractivity contribution in [2.45, 2.75) is 37.2 Å². The molecule has 0 aliphatic carbocycles. The summed E-state index contributed by atoms with van der Waals surface area (Å²) >= 11 is 1.18. The fraction of sp³-hybridized carbons (Fsp3) is 0.636. The number of carbonyl (C=O) groups excluding carboxylic acids is 2. The Bertz CT molecular complexity index is 567. The van der Waals surface area contributed by atoms with Gasteiger partial charge in [0.05, 0.1) is 5.25 Å². The zero-order chi connectivity index (χ0) is 14.7. The summed E-state index contributed by atoms with van der Waals surface area (Å²) in [7, 11) is 0. The van der Waals surface area contributed by atoms with Crippen molar-refractivity contribution < 1.29 is 9.59 Å². The smallest absolute Gasteiger partial charge is 0.336 e. The molecule has 2 N–H and O–H groups in total. The second-order valence-electron chi connectivity index (χ2n) is 4.44. The van der Waals surface area contributed by atoms with Crippen molar-refractivity contribution in [3.05, 3.63) is 10.5 Å². The maximum Gasteiger partial charge on any atom is 0.343 e. The molecule has 0 radical (unpaired) electrons. The number of hydrogen-bond acceptors (Lipinski definition) is 5. The standard InChI is InChI=1S/C11H17N5O3S/c1-3-5-16-10(19)13-14-11(16)20-7(2)8(17)15-6-4-12-9(15)18/h7H,3-6H2,1-2H3,(H,12,18)(H,13,19)/t7-/m1/s1. The van der Waals surface area contributed by atoms with Crippen LogP contribution in [0.15, 0.2) is 9.95 Å². The Morgan fingerprint density at radius 3 is 2.85 bits per heavy atom. The summed E-state index contributed by atoms with van der Waals surface area (Å²) in [6.07, 6.45) is 0.795. The van der Waals surface area contributed by atoms with E-state index in [9.17, 15) is 14.4 Å². The number of amides is 3. The lowest BCUT2D eigenvalue weighted by Gasteiger charge is -2.17. The summed E-state index contributed by atoms with van der Waals surface area (Å²) in [5, 5.41) is 8.87. The van der Waals surface area contributed by atoms with Gasteiger partial charge in [-0.2, -0.15) is 0 Å². The number of nitrogens with zero attached hydrogens (tertiary/aromatic N) is 3. The molecule has 0 aromatic carbocycles. The number of carbonyl (C=O) groups is 2. The van der Waals surface area contributed by atoms with Gasteiger partial charge in [0, 0.05) is 19.6 Å². The maximum absolute atomic E-state index is 12.2. The molecule has 1 aromatic heterocycles. The molecule has 110 valence electrons. The molecule has 1 aromatic rings. The molecular formula is C11H17N5O3S. The van der Waals surface area contributed by atoms with Gasteiger partial charge < -0.3 is 5.32 Å². The molecule has 3 amide bonds. The Morgan fingerprint density at radius 1 is 1.50 bits per heavy atom. The maximum atomic E-state index is 12.2. The molecule has 0 bridgehead atoms. The van der Waals surface area contributed by atoms with Crippen LogP contribution in [0.2, 0.25) is 0 Å². The first-order valence-electron chi connectivity index (χ1n) is 6.45. The SMILES string of the molecule is CCCn1c(S[C@H](C)C(=O)N2CCNC2=O)n[nH]c1=O. The first kappa shape index (κ1) is 14.6. The van der Waals surface area contributed by atoms with E-state index in [-0.39, 0.29) is 17.6 Å². The molecule has 0 saturated carbocycles. The van der Waals surface area contributed by atoms with Crippen LogP contribution in [0.4, 0.5) is 4.79 Å². The Balaban J connectivity index is 2.07. The van der Waals surface area contributed by atoms with E-state index < -0.39 is 5.25 Å². The minimum Gasteiger partial charge on any atom is -0.336 e. The summed E-state index contributed by atoms with van der Waals surface area (Å²) in [6.45, 7) is 5.06. The van der Waals surface area contributed by atoms with Gasteiger partial charge in [-0.05, 0) is 13.3 Å². The average Bonchev–Trinajstić information content (AvgIpc) is 2.98. The summed E-state index contributed by atoms with van der Waals surface area (Å²) in [6, 6.07) is -0.365. The molecule has 20 heavy (non-hydrogen) atoms. The van der Waals surface area contributed by atoms with Crippen LogP contribution in [-0.2, 0) is 11.3 Å². The first-order valence-corrected chi connectivity index (χ1v) is 7.33. The number of aromatic nitrogens is 3. The van der Waals surface area contributed by atoms with Crippen LogP contribution in [0.5, 0.6) is 0 Å². The summed E-state index contributed by atoms with van der Waals surface area (Å²) < 4.78 is 1.50. The van der Waals surface area contributed by atoms with E-state index in [1.54, 1.807) is 6.92 Å². The monoisotopic (exact) mass is 299 g/mol. The van der Waals surface area contributed by atoms with Crippen LogP contribution < -0.4 is 11.0 Å². The Labute approximate surface area is 119 Å². The van der Waals surface area contributed by atoms with Gasteiger partial charge in [0.25, 0.3) is 0 Å². The van der Waals surface area contributed by atoms with Crippen molar-refractivity contribution in [1.82, 2.24) is 25.0 Å². The van der Waals surface area contributed by atoms with E-state index in [1.165, 1.54) is 21.2 Å². The van der Waals surface area contributed by atoms with Gasteiger partial charge >= 0.3 is 11.7 Å². The molecule has 1 fully saturated rings. The van der Waals surface area contributed by atoms with Crippen LogP contribution in [0.25, 0.3) is 0 Å². The highest BCUT2D eigenvalue weighted by Crippen LogP contribution is 2.22. The van der Waals surface area contributed by atoms with Crippen molar-refractivity contribution >= 4 is 23.7 Å². The topological polar surface area (TPSA) is 100 Å². The zero-order valence-corrected chi connectivity index (χ0v) is 12.2. The van der Waals surface area contributed by atoms with E-state index in [0.29, 0.717) is 24.8 Å². The van der Waals surface area contributed by atoms with E-state index in [1.807, 2.05) is 6.92 Å². The number of thioether (sulfide) groups is 1.